The van der Waals surface area contributed by atoms with Crippen LogP contribution in [0.15, 0.2) is 12.1 Å². The van der Waals surface area contributed by atoms with Crippen LogP contribution in [0.1, 0.15) is 55.5 Å². The Hall–Kier alpha value is -2.44. The van der Waals surface area contributed by atoms with Crippen LogP contribution in [0, 0.1) is 0 Å². The molecule has 1 saturated heterocycles. The summed E-state index contributed by atoms with van der Waals surface area (Å²) in [5.41, 5.74) is 6.18. The molecule has 1 heterocycles. The smallest absolute Gasteiger partial charge is 0.410 e. The lowest BCUT2D eigenvalue weighted by Gasteiger charge is -2.35. The summed E-state index contributed by atoms with van der Waals surface area (Å²) in [5.74, 6) is 0.417. The van der Waals surface area contributed by atoms with Crippen molar-refractivity contribution >= 4 is 12.0 Å². The van der Waals surface area contributed by atoms with Gasteiger partial charge in [0.15, 0.2) is 11.5 Å². The maximum Gasteiger partial charge on any atom is 0.410 e. The molecule has 1 aromatic rings. The predicted octanol–water partition coefficient (Wildman–Crippen LogP) is 2.92. The van der Waals surface area contributed by atoms with Crippen LogP contribution in [0.3, 0.4) is 0 Å². The van der Waals surface area contributed by atoms with Gasteiger partial charge in [0.05, 0.1) is 14.2 Å². The largest absolute Gasteiger partial charge is 0.493 e. The van der Waals surface area contributed by atoms with Crippen LogP contribution < -0.4 is 15.2 Å². The zero-order valence-corrected chi connectivity index (χ0v) is 16.1. The first kappa shape index (κ1) is 19.9. The van der Waals surface area contributed by atoms with Gasteiger partial charge in [0, 0.05) is 24.6 Å². The van der Waals surface area contributed by atoms with Gasteiger partial charge in [-0.25, -0.2) is 4.79 Å². The SMILES string of the molecule is COc1cc(C(N)=O)c(C2CCCN(C(=O)OC(C)(C)C)C2)cc1OC. The lowest BCUT2D eigenvalue weighted by atomic mass is 9.87. The van der Waals surface area contributed by atoms with Crippen molar-refractivity contribution in [1.29, 1.82) is 0 Å². The van der Waals surface area contributed by atoms with E-state index in [4.69, 9.17) is 19.9 Å². The Bertz CT molecular complexity index is 681. The van der Waals surface area contributed by atoms with E-state index in [1.54, 1.807) is 24.1 Å². The molecule has 7 nitrogen and oxygen atoms in total. The molecule has 7 heteroatoms. The van der Waals surface area contributed by atoms with Crippen molar-refractivity contribution in [3.05, 3.63) is 23.3 Å². The van der Waals surface area contributed by atoms with E-state index < -0.39 is 11.5 Å². The van der Waals surface area contributed by atoms with Crippen molar-refractivity contribution in [2.75, 3.05) is 27.3 Å². The molecule has 0 aromatic heterocycles. The van der Waals surface area contributed by atoms with E-state index in [9.17, 15) is 9.59 Å². The third-order valence-corrected chi connectivity index (χ3v) is 4.33. The number of likely N-dealkylation sites (tertiary alicyclic amines) is 1. The number of hydrogen-bond acceptors (Lipinski definition) is 5. The van der Waals surface area contributed by atoms with Crippen LogP contribution >= 0.6 is 0 Å². The van der Waals surface area contributed by atoms with Crippen LogP contribution in [-0.2, 0) is 4.74 Å². The summed E-state index contributed by atoms with van der Waals surface area (Å²) in [6.45, 7) is 6.61. The second-order valence-electron chi connectivity index (χ2n) is 7.42. The minimum atomic E-state index is -0.550. The molecule has 2 N–H and O–H groups in total. The Morgan fingerprint density at radius 1 is 1.15 bits per heavy atom. The van der Waals surface area contributed by atoms with Crippen molar-refractivity contribution in [1.82, 2.24) is 4.90 Å². The lowest BCUT2D eigenvalue weighted by Crippen LogP contribution is -2.42. The molecule has 1 unspecified atom stereocenters. The van der Waals surface area contributed by atoms with E-state index in [0.717, 1.165) is 18.4 Å². The average molecular weight is 364 g/mol. The number of piperidine rings is 1. The number of benzene rings is 1. The first-order valence-electron chi connectivity index (χ1n) is 8.70. The molecule has 0 radical (unpaired) electrons. The Labute approximate surface area is 154 Å². The number of carbonyl (C=O) groups excluding carboxylic acids is 2. The zero-order chi connectivity index (χ0) is 19.5. The highest BCUT2D eigenvalue weighted by molar-refractivity contribution is 5.95. The molecule has 1 aliphatic rings. The maximum absolute atomic E-state index is 12.4. The van der Waals surface area contributed by atoms with Gasteiger partial charge in [0.2, 0.25) is 5.91 Å². The summed E-state index contributed by atoms with van der Waals surface area (Å²) in [4.78, 5) is 26.0. The van der Waals surface area contributed by atoms with E-state index in [1.165, 1.54) is 7.11 Å². The molecule has 1 atom stereocenters. The molecule has 144 valence electrons. The lowest BCUT2D eigenvalue weighted by molar-refractivity contribution is 0.0198. The second kappa shape index (κ2) is 7.85. The van der Waals surface area contributed by atoms with E-state index in [1.807, 2.05) is 20.8 Å². The van der Waals surface area contributed by atoms with Gasteiger partial charge in [-0.3, -0.25) is 4.79 Å². The zero-order valence-electron chi connectivity index (χ0n) is 16.1. The molecule has 2 amide bonds. The average Bonchev–Trinajstić information content (AvgIpc) is 2.59. The molecule has 0 bridgehead atoms. The summed E-state index contributed by atoms with van der Waals surface area (Å²) < 4.78 is 16.1. The van der Waals surface area contributed by atoms with Crippen molar-refractivity contribution in [3.8, 4) is 11.5 Å². The topological polar surface area (TPSA) is 91.1 Å². The van der Waals surface area contributed by atoms with Gasteiger partial charge in [-0.15, -0.1) is 0 Å². The molecule has 0 spiro atoms. The highest BCUT2D eigenvalue weighted by Crippen LogP contribution is 2.37. The number of rotatable bonds is 4. The van der Waals surface area contributed by atoms with Gasteiger partial charge in [0.1, 0.15) is 5.60 Å². The van der Waals surface area contributed by atoms with Crippen molar-refractivity contribution in [3.63, 3.8) is 0 Å². The van der Waals surface area contributed by atoms with Gasteiger partial charge in [-0.1, -0.05) is 0 Å². The quantitative estimate of drug-likeness (QED) is 0.887. The van der Waals surface area contributed by atoms with Crippen LogP contribution in [-0.4, -0.2) is 49.8 Å². The minimum Gasteiger partial charge on any atom is -0.493 e. The molecule has 0 aliphatic carbocycles. The van der Waals surface area contributed by atoms with Crippen LogP contribution in [0.5, 0.6) is 11.5 Å². The number of nitrogens with two attached hydrogens (primary N) is 1. The fraction of sp³-hybridized carbons (Fsp3) is 0.579. The third kappa shape index (κ3) is 4.59. The summed E-state index contributed by atoms with van der Waals surface area (Å²) in [6.07, 6.45) is 1.31. The standard InChI is InChI=1S/C19H28N2O5/c1-19(2,3)26-18(23)21-8-6-7-12(11-21)13-9-15(24-4)16(25-5)10-14(13)17(20)22/h9-10,12H,6-8,11H2,1-5H3,(H2,20,22). The molecule has 26 heavy (non-hydrogen) atoms. The monoisotopic (exact) mass is 364 g/mol. The van der Waals surface area contributed by atoms with E-state index in [2.05, 4.69) is 0 Å². The maximum atomic E-state index is 12.4. The van der Waals surface area contributed by atoms with Crippen LogP contribution in [0.25, 0.3) is 0 Å². The van der Waals surface area contributed by atoms with Gasteiger partial charge < -0.3 is 24.8 Å². The van der Waals surface area contributed by atoms with E-state index >= 15 is 0 Å². The Morgan fingerprint density at radius 2 is 1.77 bits per heavy atom. The van der Waals surface area contributed by atoms with Crippen LogP contribution in [0.4, 0.5) is 4.79 Å². The summed E-state index contributed by atoms with van der Waals surface area (Å²) in [5, 5.41) is 0. The molecule has 1 fully saturated rings. The van der Waals surface area contributed by atoms with Gasteiger partial charge in [-0.2, -0.15) is 0 Å². The number of ether oxygens (including phenoxy) is 3. The highest BCUT2D eigenvalue weighted by Gasteiger charge is 2.30. The number of carbonyl (C=O) groups is 2. The molecular weight excluding hydrogens is 336 g/mol. The number of amides is 2. The summed E-state index contributed by atoms with van der Waals surface area (Å²) >= 11 is 0. The number of hydrogen-bond donors (Lipinski definition) is 1. The predicted molar refractivity (Wildman–Crippen MR) is 97.8 cm³/mol. The molecule has 1 aromatic carbocycles. The number of nitrogens with zero attached hydrogens (tertiary/aromatic N) is 1. The second-order valence-corrected chi connectivity index (χ2v) is 7.42. The van der Waals surface area contributed by atoms with Crippen molar-refractivity contribution < 1.29 is 23.8 Å². The fourth-order valence-electron chi connectivity index (χ4n) is 3.17. The van der Waals surface area contributed by atoms with Crippen LogP contribution in [0.2, 0.25) is 0 Å². The van der Waals surface area contributed by atoms with Crippen molar-refractivity contribution in [2.24, 2.45) is 5.73 Å². The van der Waals surface area contributed by atoms with Gasteiger partial charge >= 0.3 is 6.09 Å². The Kier molecular flexibility index (Phi) is 6.00. The van der Waals surface area contributed by atoms with E-state index in [-0.39, 0.29) is 12.0 Å². The molecule has 0 saturated carbocycles. The normalized spacial score (nSPS) is 17.6. The minimum absolute atomic E-state index is 0.0291. The Morgan fingerprint density at radius 3 is 2.31 bits per heavy atom. The van der Waals surface area contributed by atoms with Gasteiger partial charge in [-0.05, 0) is 51.3 Å². The first-order valence-corrected chi connectivity index (χ1v) is 8.70. The number of primary amides is 1. The summed E-state index contributed by atoms with van der Waals surface area (Å²) in [7, 11) is 3.05. The molecular formula is C19H28N2O5. The van der Waals surface area contributed by atoms with Crippen molar-refractivity contribution in [2.45, 2.75) is 45.1 Å². The third-order valence-electron chi connectivity index (χ3n) is 4.33. The highest BCUT2D eigenvalue weighted by atomic mass is 16.6. The van der Waals surface area contributed by atoms with Gasteiger partial charge in [0.25, 0.3) is 0 Å². The molecule has 1 aliphatic heterocycles. The van der Waals surface area contributed by atoms with E-state index in [0.29, 0.717) is 30.2 Å². The molecule has 2 rings (SSSR count). The Balaban J connectivity index is 2.32. The number of methoxy groups -OCH3 is 2. The summed E-state index contributed by atoms with van der Waals surface area (Å²) in [6, 6.07) is 3.38. The first-order chi connectivity index (χ1) is 12.2. The fourth-order valence-corrected chi connectivity index (χ4v) is 3.17.